The number of rotatable bonds is 6. The molecule has 0 aromatic heterocycles. The minimum atomic E-state index is -0.395. The van der Waals surface area contributed by atoms with E-state index in [4.69, 9.17) is 9.47 Å². The van der Waals surface area contributed by atoms with Crippen LogP contribution in [-0.2, 0) is 4.79 Å². The molecular formula is C17H18O3. The van der Waals surface area contributed by atoms with Crippen molar-refractivity contribution in [2.24, 2.45) is 0 Å². The van der Waals surface area contributed by atoms with Crippen LogP contribution in [-0.4, -0.2) is 20.0 Å². The van der Waals surface area contributed by atoms with Gasteiger partial charge in [-0.15, -0.1) is 0 Å². The van der Waals surface area contributed by atoms with Crippen LogP contribution in [0.2, 0.25) is 0 Å². The summed E-state index contributed by atoms with van der Waals surface area (Å²) < 4.78 is 11.0. The lowest BCUT2D eigenvalue weighted by atomic mass is 9.91. The Hall–Kier alpha value is -2.29. The van der Waals surface area contributed by atoms with E-state index in [9.17, 15) is 4.79 Å². The standard InChI is InChI=1S/C17H18O3/c1-3-20-17-11-7-5-9-14(17)15(12-18)13-8-4-6-10-16(13)19-2/h4-12,15H,3H2,1-2H3. The number of para-hydroxylation sites is 2. The van der Waals surface area contributed by atoms with Crippen molar-refractivity contribution in [1.82, 2.24) is 0 Å². The van der Waals surface area contributed by atoms with Crippen molar-refractivity contribution < 1.29 is 14.3 Å². The van der Waals surface area contributed by atoms with Gasteiger partial charge in [-0.05, 0) is 19.1 Å². The molecule has 0 bridgehead atoms. The van der Waals surface area contributed by atoms with Crippen molar-refractivity contribution in [3.05, 3.63) is 59.7 Å². The second kappa shape index (κ2) is 6.75. The first-order valence-corrected chi connectivity index (χ1v) is 6.61. The smallest absolute Gasteiger partial charge is 0.132 e. The number of aldehydes is 1. The first-order chi connectivity index (χ1) is 9.81. The molecule has 3 heteroatoms. The van der Waals surface area contributed by atoms with Gasteiger partial charge in [0.1, 0.15) is 17.8 Å². The molecule has 0 N–H and O–H groups in total. The van der Waals surface area contributed by atoms with E-state index >= 15 is 0 Å². The fourth-order valence-electron chi connectivity index (χ4n) is 2.26. The molecule has 3 nitrogen and oxygen atoms in total. The summed E-state index contributed by atoms with van der Waals surface area (Å²) in [6.45, 7) is 2.49. The third kappa shape index (κ3) is 2.82. The van der Waals surface area contributed by atoms with E-state index in [1.807, 2.05) is 55.5 Å². The van der Waals surface area contributed by atoms with Crippen molar-refractivity contribution in [3.8, 4) is 11.5 Å². The predicted molar refractivity (Wildman–Crippen MR) is 78.5 cm³/mol. The lowest BCUT2D eigenvalue weighted by Crippen LogP contribution is -2.07. The van der Waals surface area contributed by atoms with Crippen LogP contribution in [0, 0.1) is 0 Å². The lowest BCUT2D eigenvalue weighted by molar-refractivity contribution is -0.108. The van der Waals surface area contributed by atoms with E-state index in [2.05, 4.69) is 0 Å². The molecule has 0 saturated heterocycles. The van der Waals surface area contributed by atoms with Crippen LogP contribution in [0.25, 0.3) is 0 Å². The van der Waals surface area contributed by atoms with Gasteiger partial charge in [0.2, 0.25) is 0 Å². The van der Waals surface area contributed by atoms with Crippen molar-refractivity contribution in [1.29, 1.82) is 0 Å². The average Bonchev–Trinajstić information content (AvgIpc) is 2.50. The van der Waals surface area contributed by atoms with Crippen LogP contribution in [0.4, 0.5) is 0 Å². The Bertz CT molecular complexity index is 578. The summed E-state index contributed by atoms with van der Waals surface area (Å²) in [5.74, 6) is 1.04. The van der Waals surface area contributed by atoms with Crippen molar-refractivity contribution in [3.63, 3.8) is 0 Å². The van der Waals surface area contributed by atoms with Gasteiger partial charge < -0.3 is 14.3 Å². The zero-order valence-electron chi connectivity index (χ0n) is 11.7. The normalized spacial score (nSPS) is 11.7. The molecule has 0 aliphatic rings. The fourth-order valence-corrected chi connectivity index (χ4v) is 2.26. The summed E-state index contributed by atoms with van der Waals surface area (Å²) in [5, 5.41) is 0. The van der Waals surface area contributed by atoms with Gasteiger partial charge >= 0.3 is 0 Å². The zero-order valence-corrected chi connectivity index (χ0v) is 11.7. The first kappa shape index (κ1) is 14.1. The molecule has 20 heavy (non-hydrogen) atoms. The highest BCUT2D eigenvalue weighted by atomic mass is 16.5. The summed E-state index contributed by atoms with van der Waals surface area (Å²) in [4.78, 5) is 11.6. The molecule has 0 heterocycles. The first-order valence-electron chi connectivity index (χ1n) is 6.61. The van der Waals surface area contributed by atoms with Crippen LogP contribution in [0.15, 0.2) is 48.5 Å². The van der Waals surface area contributed by atoms with Gasteiger partial charge in [0.15, 0.2) is 0 Å². The molecule has 0 amide bonds. The Labute approximate surface area is 119 Å². The molecule has 1 unspecified atom stereocenters. The van der Waals surface area contributed by atoms with E-state index in [-0.39, 0.29) is 0 Å². The molecule has 0 aliphatic heterocycles. The van der Waals surface area contributed by atoms with E-state index in [1.54, 1.807) is 7.11 Å². The summed E-state index contributed by atoms with van der Waals surface area (Å²) in [7, 11) is 1.61. The third-order valence-corrected chi connectivity index (χ3v) is 3.16. The second-order valence-corrected chi connectivity index (χ2v) is 4.33. The number of carbonyl (C=O) groups excluding carboxylic acids is 1. The van der Waals surface area contributed by atoms with Crippen LogP contribution >= 0.6 is 0 Å². The summed E-state index contributed by atoms with van der Waals surface area (Å²) >= 11 is 0. The van der Waals surface area contributed by atoms with E-state index < -0.39 is 5.92 Å². The van der Waals surface area contributed by atoms with Crippen LogP contribution in [0.1, 0.15) is 24.0 Å². The number of methoxy groups -OCH3 is 1. The average molecular weight is 270 g/mol. The van der Waals surface area contributed by atoms with Gasteiger partial charge in [-0.3, -0.25) is 0 Å². The Morgan fingerprint density at radius 2 is 1.55 bits per heavy atom. The predicted octanol–water partition coefficient (Wildman–Crippen LogP) is 3.42. The molecule has 2 aromatic rings. The van der Waals surface area contributed by atoms with Gasteiger partial charge in [-0.25, -0.2) is 0 Å². The summed E-state index contributed by atoms with van der Waals surface area (Å²) in [6, 6.07) is 15.1. The van der Waals surface area contributed by atoms with E-state index in [0.29, 0.717) is 12.4 Å². The molecular weight excluding hydrogens is 252 g/mol. The highest BCUT2D eigenvalue weighted by molar-refractivity contribution is 5.72. The highest BCUT2D eigenvalue weighted by Crippen LogP contribution is 2.34. The maximum absolute atomic E-state index is 11.6. The molecule has 2 rings (SSSR count). The van der Waals surface area contributed by atoms with Crippen molar-refractivity contribution >= 4 is 6.29 Å². The molecule has 0 spiro atoms. The van der Waals surface area contributed by atoms with Gasteiger partial charge in [-0.2, -0.15) is 0 Å². The zero-order chi connectivity index (χ0) is 14.4. The van der Waals surface area contributed by atoms with Crippen LogP contribution in [0.3, 0.4) is 0 Å². The molecule has 104 valence electrons. The quantitative estimate of drug-likeness (QED) is 0.754. The van der Waals surface area contributed by atoms with Crippen LogP contribution in [0.5, 0.6) is 11.5 Å². The minimum Gasteiger partial charge on any atom is -0.496 e. The van der Waals surface area contributed by atoms with Gasteiger partial charge in [0, 0.05) is 11.1 Å². The van der Waals surface area contributed by atoms with Gasteiger partial charge in [0.25, 0.3) is 0 Å². The summed E-state index contributed by atoms with van der Waals surface area (Å²) in [6.07, 6.45) is 0.926. The number of benzene rings is 2. The molecule has 0 fully saturated rings. The van der Waals surface area contributed by atoms with Gasteiger partial charge in [0.05, 0.1) is 19.6 Å². The van der Waals surface area contributed by atoms with Crippen molar-refractivity contribution in [2.75, 3.05) is 13.7 Å². The van der Waals surface area contributed by atoms with E-state index in [0.717, 1.165) is 23.2 Å². The minimum absolute atomic E-state index is 0.395. The Morgan fingerprint density at radius 3 is 2.10 bits per heavy atom. The number of carbonyl (C=O) groups is 1. The topological polar surface area (TPSA) is 35.5 Å². The maximum atomic E-state index is 11.6. The number of hydrogen-bond donors (Lipinski definition) is 0. The fraction of sp³-hybridized carbons (Fsp3) is 0.235. The van der Waals surface area contributed by atoms with Gasteiger partial charge in [-0.1, -0.05) is 36.4 Å². The second-order valence-electron chi connectivity index (χ2n) is 4.33. The maximum Gasteiger partial charge on any atom is 0.132 e. The SMILES string of the molecule is CCOc1ccccc1C(C=O)c1ccccc1OC. The van der Waals surface area contributed by atoms with Crippen LogP contribution < -0.4 is 9.47 Å². The van der Waals surface area contributed by atoms with Crippen molar-refractivity contribution in [2.45, 2.75) is 12.8 Å². The largest absolute Gasteiger partial charge is 0.496 e. The Morgan fingerprint density at radius 1 is 1.00 bits per heavy atom. The van der Waals surface area contributed by atoms with E-state index in [1.165, 1.54) is 0 Å². The molecule has 0 aliphatic carbocycles. The Balaban J connectivity index is 2.50. The lowest BCUT2D eigenvalue weighted by Gasteiger charge is -2.18. The molecule has 0 radical (unpaired) electrons. The summed E-state index contributed by atoms with van der Waals surface area (Å²) in [5.41, 5.74) is 1.70. The molecule has 1 atom stereocenters. The monoisotopic (exact) mass is 270 g/mol. The number of hydrogen-bond acceptors (Lipinski definition) is 3. The third-order valence-electron chi connectivity index (χ3n) is 3.16. The molecule has 0 saturated carbocycles. The highest BCUT2D eigenvalue weighted by Gasteiger charge is 2.20. The molecule has 2 aromatic carbocycles. The Kier molecular flexibility index (Phi) is 4.77. The number of ether oxygens (including phenoxy) is 2.